The molecule has 0 saturated carbocycles. The minimum Gasteiger partial charge on any atom is -0.440 e. The van der Waals surface area contributed by atoms with Crippen molar-refractivity contribution in [3.8, 4) is 21.5 Å². The van der Waals surface area contributed by atoms with Crippen molar-refractivity contribution in [2.24, 2.45) is 0 Å². The van der Waals surface area contributed by atoms with Crippen LogP contribution in [0.5, 0.6) is 0 Å². The monoisotopic (exact) mass is 454 g/mol. The van der Waals surface area contributed by atoms with Gasteiger partial charge in [-0.3, -0.25) is 9.80 Å². The van der Waals surface area contributed by atoms with Crippen molar-refractivity contribution in [2.45, 2.75) is 39.9 Å². The third kappa shape index (κ3) is 4.39. The molecule has 0 amide bonds. The number of hydrogen-bond acceptors (Lipinski definition) is 8. The van der Waals surface area contributed by atoms with Gasteiger partial charge in [0, 0.05) is 38.8 Å². The zero-order valence-electron chi connectivity index (χ0n) is 18.0. The highest BCUT2D eigenvalue weighted by Crippen LogP contribution is 2.28. The number of rotatable bonds is 6. The summed E-state index contributed by atoms with van der Waals surface area (Å²) in [5.74, 6) is 3.30. The first kappa shape index (κ1) is 20.6. The second kappa shape index (κ2) is 8.70. The molecule has 8 heteroatoms. The van der Waals surface area contributed by atoms with Gasteiger partial charge in [0.15, 0.2) is 0 Å². The lowest BCUT2D eigenvalue weighted by molar-refractivity contribution is 0.0712. The van der Waals surface area contributed by atoms with Crippen molar-refractivity contribution in [3.63, 3.8) is 0 Å². The van der Waals surface area contributed by atoms with Gasteiger partial charge in [0.05, 0.1) is 21.1 Å². The van der Waals surface area contributed by atoms with E-state index in [1.54, 1.807) is 22.7 Å². The summed E-state index contributed by atoms with van der Waals surface area (Å²) in [6, 6.07) is 8.59. The van der Waals surface area contributed by atoms with Gasteiger partial charge < -0.3 is 8.83 Å². The number of oxazole rings is 2. The summed E-state index contributed by atoms with van der Waals surface area (Å²) in [6.45, 7) is 10.9. The van der Waals surface area contributed by atoms with E-state index in [2.05, 4.69) is 39.6 Å². The number of piperazine rings is 1. The molecule has 0 aliphatic carbocycles. The van der Waals surface area contributed by atoms with Gasteiger partial charge in [-0.05, 0) is 43.7 Å². The highest BCUT2D eigenvalue weighted by atomic mass is 32.1. The van der Waals surface area contributed by atoms with E-state index in [0.29, 0.717) is 6.04 Å². The van der Waals surface area contributed by atoms with Crippen LogP contribution in [-0.2, 0) is 13.1 Å². The minimum atomic E-state index is 0.430. The Hall–Kier alpha value is -2.26. The van der Waals surface area contributed by atoms with Crippen molar-refractivity contribution in [1.82, 2.24) is 19.8 Å². The number of nitrogens with zero attached hydrogens (tertiary/aromatic N) is 4. The fraction of sp³-hybridized carbons (Fsp3) is 0.391. The van der Waals surface area contributed by atoms with Crippen molar-refractivity contribution < 1.29 is 8.83 Å². The predicted molar refractivity (Wildman–Crippen MR) is 124 cm³/mol. The molecule has 6 nitrogen and oxygen atoms in total. The van der Waals surface area contributed by atoms with Gasteiger partial charge in [-0.15, -0.1) is 22.7 Å². The Morgan fingerprint density at radius 2 is 1.48 bits per heavy atom. The van der Waals surface area contributed by atoms with Crippen LogP contribution >= 0.6 is 22.7 Å². The maximum Gasteiger partial charge on any atom is 0.236 e. The Morgan fingerprint density at radius 1 is 0.903 bits per heavy atom. The first-order valence-corrected chi connectivity index (χ1v) is 12.3. The fourth-order valence-electron chi connectivity index (χ4n) is 4.01. The summed E-state index contributed by atoms with van der Waals surface area (Å²) in [6.07, 6.45) is 0. The largest absolute Gasteiger partial charge is 0.440 e. The summed E-state index contributed by atoms with van der Waals surface area (Å²) in [7, 11) is 0. The molecule has 5 rings (SSSR count). The average Bonchev–Trinajstić information content (AvgIpc) is 3.53. The quantitative estimate of drug-likeness (QED) is 0.386. The predicted octanol–water partition coefficient (Wildman–Crippen LogP) is 5.44. The molecular weight excluding hydrogens is 428 g/mol. The van der Waals surface area contributed by atoms with Gasteiger partial charge >= 0.3 is 0 Å². The van der Waals surface area contributed by atoms with E-state index >= 15 is 0 Å². The molecule has 4 aromatic heterocycles. The smallest absolute Gasteiger partial charge is 0.236 e. The lowest BCUT2D eigenvalue weighted by atomic mass is 10.1. The first-order valence-electron chi connectivity index (χ1n) is 10.5. The maximum absolute atomic E-state index is 5.93. The van der Waals surface area contributed by atoms with Crippen LogP contribution in [-0.4, -0.2) is 45.4 Å². The van der Waals surface area contributed by atoms with Crippen molar-refractivity contribution >= 4 is 22.7 Å². The SMILES string of the molecule is Cc1oc(-c2cccs2)nc1CN1CCN(Cc2nc(-c3cccs3)oc2C)C(C)C1. The summed E-state index contributed by atoms with van der Waals surface area (Å²) in [5, 5.41) is 4.10. The number of aromatic nitrogens is 2. The van der Waals surface area contributed by atoms with Gasteiger partial charge in [-0.2, -0.15) is 0 Å². The van der Waals surface area contributed by atoms with Gasteiger partial charge in [0.1, 0.15) is 11.5 Å². The van der Waals surface area contributed by atoms with Crippen molar-refractivity contribution in [2.75, 3.05) is 19.6 Å². The summed E-state index contributed by atoms with van der Waals surface area (Å²) < 4.78 is 11.8. The van der Waals surface area contributed by atoms with Crippen LogP contribution in [0.2, 0.25) is 0 Å². The molecule has 1 unspecified atom stereocenters. The molecule has 0 bridgehead atoms. The highest BCUT2D eigenvalue weighted by molar-refractivity contribution is 7.13. The molecule has 1 atom stereocenters. The standard InChI is InChI=1S/C23H26N4O2S2/c1-15-12-26(13-18-16(2)28-22(24-18)20-6-4-10-30-20)8-9-27(15)14-19-17(3)29-23(25-19)21-7-5-11-31-21/h4-7,10-11,15H,8-9,12-14H2,1-3H3. The zero-order valence-corrected chi connectivity index (χ0v) is 19.6. The third-order valence-electron chi connectivity index (χ3n) is 5.82. The molecular formula is C23H26N4O2S2. The molecule has 1 saturated heterocycles. The Bertz CT molecular complexity index is 1130. The number of hydrogen-bond donors (Lipinski definition) is 0. The Kier molecular flexibility index (Phi) is 5.79. The molecule has 0 N–H and O–H groups in total. The average molecular weight is 455 g/mol. The van der Waals surface area contributed by atoms with Crippen LogP contribution in [0.25, 0.3) is 21.5 Å². The Balaban J connectivity index is 1.21. The van der Waals surface area contributed by atoms with Crippen LogP contribution in [0.15, 0.2) is 43.9 Å². The lowest BCUT2D eigenvalue weighted by Crippen LogP contribution is -2.51. The van der Waals surface area contributed by atoms with E-state index in [0.717, 1.165) is 77.2 Å². The molecule has 1 fully saturated rings. The Labute approximate surface area is 190 Å². The second-order valence-corrected chi connectivity index (χ2v) is 9.95. The van der Waals surface area contributed by atoms with Crippen LogP contribution in [0.1, 0.15) is 29.8 Å². The molecule has 0 spiro atoms. The summed E-state index contributed by atoms with van der Waals surface area (Å²) in [5.41, 5.74) is 2.08. The van der Waals surface area contributed by atoms with E-state index in [-0.39, 0.29) is 0 Å². The van der Waals surface area contributed by atoms with Crippen LogP contribution in [0.3, 0.4) is 0 Å². The second-order valence-electron chi connectivity index (χ2n) is 8.05. The first-order chi connectivity index (χ1) is 15.1. The highest BCUT2D eigenvalue weighted by Gasteiger charge is 2.27. The van der Waals surface area contributed by atoms with E-state index < -0.39 is 0 Å². The van der Waals surface area contributed by atoms with Crippen LogP contribution in [0.4, 0.5) is 0 Å². The van der Waals surface area contributed by atoms with Gasteiger partial charge in [0.25, 0.3) is 0 Å². The van der Waals surface area contributed by atoms with Gasteiger partial charge in [0.2, 0.25) is 11.8 Å². The maximum atomic E-state index is 5.93. The van der Waals surface area contributed by atoms with E-state index in [1.807, 2.05) is 26.0 Å². The zero-order chi connectivity index (χ0) is 21.4. The molecule has 0 aromatic carbocycles. The molecule has 1 aliphatic rings. The summed E-state index contributed by atoms with van der Waals surface area (Å²) in [4.78, 5) is 16.7. The normalized spacial score (nSPS) is 18.1. The topological polar surface area (TPSA) is 58.5 Å². The van der Waals surface area contributed by atoms with E-state index in [4.69, 9.17) is 18.8 Å². The number of thiophene rings is 2. The molecule has 1 aliphatic heterocycles. The summed E-state index contributed by atoms with van der Waals surface area (Å²) >= 11 is 3.32. The molecule has 31 heavy (non-hydrogen) atoms. The molecule has 5 heterocycles. The third-order valence-corrected chi connectivity index (χ3v) is 7.54. The lowest BCUT2D eigenvalue weighted by Gasteiger charge is -2.39. The molecule has 0 radical (unpaired) electrons. The Morgan fingerprint density at radius 3 is 2.00 bits per heavy atom. The molecule has 4 aromatic rings. The van der Waals surface area contributed by atoms with Crippen molar-refractivity contribution in [3.05, 3.63) is 57.9 Å². The van der Waals surface area contributed by atoms with Crippen molar-refractivity contribution in [1.29, 1.82) is 0 Å². The van der Waals surface area contributed by atoms with Crippen LogP contribution in [0, 0.1) is 13.8 Å². The van der Waals surface area contributed by atoms with Gasteiger partial charge in [-0.1, -0.05) is 12.1 Å². The van der Waals surface area contributed by atoms with E-state index in [9.17, 15) is 0 Å². The minimum absolute atomic E-state index is 0.430. The van der Waals surface area contributed by atoms with Crippen LogP contribution < -0.4 is 0 Å². The van der Waals surface area contributed by atoms with Gasteiger partial charge in [-0.25, -0.2) is 9.97 Å². The molecule has 162 valence electrons. The van der Waals surface area contributed by atoms with E-state index in [1.165, 1.54) is 0 Å². The number of aryl methyl sites for hydroxylation is 2. The fourth-order valence-corrected chi connectivity index (χ4v) is 5.31.